The molecule has 0 radical (unpaired) electrons. The van der Waals surface area contributed by atoms with Crippen molar-refractivity contribution in [1.82, 2.24) is 15.0 Å². The van der Waals surface area contributed by atoms with Gasteiger partial charge in [-0.3, -0.25) is 4.98 Å². The maximum Gasteiger partial charge on any atom is 0.160 e. The Hall–Kier alpha value is -1.85. The minimum Gasteiger partial charge on any atom is -0.324 e. The fourth-order valence-corrected chi connectivity index (χ4v) is 2.81. The van der Waals surface area contributed by atoms with Gasteiger partial charge in [0.1, 0.15) is 0 Å². The molecule has 3 aromatic heterocycles. The molecular weight excluding hydrogens is 256 g/mol. The Morgan fingerprint density at radius 1 is 1.26 bits per heavy atom. The largest absolute Gasteiger partial charge is 0.324 e. The van der Waals surface area contributed by atoms with Gasteiger partial charge in [-0.25, -0.2) is 9.97 Å². The van der Waals surface area contributed by atoms with Crippen LogP contribution in [0.15, 0.2) is 29.9 Å². The predicted molar refractivity (Wildman–Crippen MR) is 78.0 cm³/mol. The lowest BCUT2D eigenvalue weighted by atomic mass is 10.1. The molecule has 3 aromatic rings. The van der Waals surface area contributed by atoms with Gasteiger partial charge in [-0.2, -0.15) is 0 Å². The van der Waals surface area contributed by atoms with Gasteiger partial charge in [-0.1, -0.05) is 0 Å². The van der Waals surface area contributed by atoms with Gasteiger partial charge in [-0.05, 0) is 31.4 Å². The highest BCUT2D eigenvalue weighted by molar-refractivity contribution is 7.17. The molecule has 4 nitrogen and oxygen atoms in total. The average Bonchev–Trinajstić information content (AvgIpc) is 2.85. The van der Waals surface area contributed by atoms with Crippen molar-refractivity contribution in [3.8, 4) is 11.4 Å². The molecule has 2 N–H and O–H groups in total. The third kappa shape index (κ3) is 2.22. The summed E-state index contributed by atoms with van der Waals surface area (Å²) in [5.41, 5.74) is 9.73. The van der Waals surface area contributed by atoms with Gasteiger partial charge in [0.15, 0.2) is 5.82 Å². The van der Waals surface area contributed by atoms with Crippen molar-refractivity contribution >= 4 is 21.6 Å². The van der Waals surface area contributed by atoms with Crippen molar-refractivity contribution in [3.05, 3.63) is 41.2 Å². The Kier molecular flexibility index (Phi) is 3.00. The van der Waals surface area contributed by atoms with Crippen LogP contribution in [-0.4, -0.2) is 15.0 Å². The van der Waals surface area contributed by atoms with E-state index in [0.717, 1.165) is 27.0 Å². The first kappa shape index (κ1) is 12.2. The van der Waals surface area contributed by atoms with Gasteiger partial charge >= 0.3 is 0 Å². The normalized spacial score (nSPS) is 12.8. The molecule has 3 rings (SSSR count). The molecular formula is C14H14N4S. The summed E-state index contributed by atoms with van der Waals surface area (Å²) in [6.07, 6.45) is 3.62. The van der Waals surface area contributed by atoms with E-state index in [-0.39, 0.29) is 6.04 Å². The number of fused-ring (bicyclic) bond motifs is 1. The highest BCUT2D eigenvalue weighted by Gasteiger charge is 2.09. The number of aryl methyl sites for hydroxylation is 1. The van der Waals surface area contributed by atoms with Crippen molar-refractivity contribution < 1.29 is 0 Å². The predicted octanol–water partition coefficient (Wildman–Crippen LogP) is 3.08. The third-order valence-electron chi connectivity index (χ3n) is 3.07. The molecule has 1 atom stereocenters. The summed E-state index contributed by atoms with van der Waals surface area (Å²) < 4.78 is 1.15. The molecule has 0 aliphatic rings. The Morgan fingerprint density at radius 3 is 2.84 bits per heavy atom. The molecule has 0 saturated carbocycles. The smallest absolute Gasteiger partial charge is 0.160 e. The summed E-state index contributed by atoms with van der Waals surface area (Å²) in [4.78, 5) is 13.3. The molecule has 0 amide bonds. The summed E-state index contributed by atoms with van der Waals surface area (Å²) in [7, 11) is 0. The van der Waals surface area contributed by atoms with Gasteiger partial charge in [-0.15, -0.1) is 11.3 Å². The summed E-state index contributed by atoms with van der Waals surface area (Å²) in [5.74, 6) is 0.699. The number of thiophene rings is 1. The lowest BCUT2D eigenvalue weighted by molar-refractivity contribution is 0.790. The van der Waals surface area contributed by atoms with Crippen molar-refractivity contribution in [2.75, 3.05) is 0 Å². The first-order chi connectivity index (χ1) is 9.15. The molecule has 3 heterocycles. The van der Waals surface area contributed by atoms with E-state index >= 15 is 0 Å². The third-order valence-corrected chi connectivity index (χ3v) is 3.92. The second-order valence-electron chi connectivity index (χ2n) is 4.55. The zero-order valence-corrected chi connectivity index (χ0v) is 11.6. The molecule has 0 saturated heterocycles. The number of hydrogen-bond donors (Lipinski definition) is 1. The Balaban J connectivity index is 2.08. The number of hydrogen-bond acceptors (Lipinski definition) is 5. The molecule has 19 heavy (non-hydrogen) atoms. The second kappa shape index (κ2) is 4.68. The molecule has 0 aliphatic carbocycles. The average molecular weight is 270 g/mol. The van der Waals surface area contributed by atoms with Crippen LogP contribution >= 0.6 is 11.3 Å². The van der Waals surface area contributed by atoms with Crippen molar-refractivity contribution in [2.45, 2.75) is 19.9 Å². The van der Waals surface area contributed by atoms with Gasteiger partial charge in [0.25, 0.3) is 0 Å². The summed E-state index contributed by atoms with van der Waals surface area (Å²) >= 11 is 1.67. The van der Waals surface area contributed by atoms with E-state index in [4.69, 9.17) is 5.73 Å². The lowest BCUT2D eigenvalue weighted by Gasteiger charge is -2.09. The van der Waals surface area contributed by atoms with Gasteiger partial charge in [0.05, 0.1) is 10.2 Å². The van der Waals surface area contributed by atoms with Crippen LogP contribution < -0.4 is 5.73 Å². The van der Waals surface area contributed by atoms with E-state index in [0.29, 0.717) is 5.82 Å². The molecule has 96 valence electrons. The van der Waals surface area contributed by atoms with Crippen LogP contribution in [0, 0.1) is 6.92 Å². The fraction of sp³-hybridized carbons (Fsp3) is 0.214. The minimum absolute atomic E-state index is 0.0491. The van der Waals surface area contributed by atoms with E-state index in [1.165, 1.54) is 0 Å². The molecule has 0 aromatic carbocycles. The van der Waals surface area contributed by atoms with E-state index in [1.807, 2.05) is 31.5 Å². The van der Waals surface area contributed by atoms with Gasteiger partial charge in [0, 0.05) is 35.3 Å². The quantitative estimate of drug-likeness (QED) is 0.777. The van der Waals surface area contributed by atoms with Crippen molar-refractivity contribution in [3.63, 3.8) is 0 Å². The minimum atomic E-state index is -0.0491. The van der Waals surface area contributed by atoms with Crippen LogP contribution in [0.1, 0.15) is 24.2 Å². The van der Waals surface area contributed by atoms with Crippen LogP contribution in [0.5, 0.6) is 0 Å². The molecule has 0 aliphatic heterocycles. The molecule has 1 unspecified atom stereocenters. The number of pyridine rings is 1. The number of aromatic nitrogens is 3. The molecule has 0 spiro atoms. The maximum absolute atomic E-state index is 5.87. The standard InChI is InChI=1S/C14H14N4S/c1-8(15)11-7-17-14(18-9(11)2)10-5-13-12(16-6-10)3-4-19-13/h3-8H,15H2,1-2H3. The monoisotopic (exact) mass is 270 g/mol. The second-order valence-corrected chi connectivity index (χ2v) is 5.50. The van der Waals surface area contributed by atoms with E-state index in [2.05, 4.69) is 21.0 Å². The zero-order valence-electron chi connectivity index (χ0n) is 10.8. The Bertz CT molecular complexity index is 733. The van der Waals surface area contributed by atoms with Gasteiger partial charge in [0.2, 0.25) is 0 Å². The molecule has 5 heteroatoms. The fourth-order valence-electron chi connectivity index (χ4n) is 2.03. The van der Waals surface area contributed by atoms with Crippen LogP contribution in [0.4, 0.5) is 0 Å². The Labute approximate surface area is 115 Å². The molecule has 0 fully saturated rings. The van der Waals surface area contributed by atoms with Gasteiger partial charge < -0.3 is 5.73 Å². The van der Waals surface area contributed by atoms with E-state index in [1.54, 1.807) is 17.5 Å². The summed E-state index contributed by atoms with van der Waals surface area (Å²) in [5, 5.41) is 2.03. The summed E-state index contributed by atoms with van der Waals surface area (Å²) in [6, 6.07) is 4.04. The van der Waals surface area contributed by atoms with Crippen LogP contribution in [-0.2, 0) is 0 Å². The number of rotatable bonds is 2. The topological polar surface area (TPSA) is 64.7 Å². The molecule has 0 bridgehead atoms. The van der Waals surface area contributed by atoms with Crippen molar-refractivity contribution in [2.24, 2.45) is 5.73 Å². The van der Waals surface area contributed by atoms with Crippen LogP contribution in [0.25, 0.3) is 21.6 Å². The van der Waals surface area contributed by atoms with E-state index < -0.39 is 0 Å². The van der Waals surface area contributed by atoms with E-state index in [9.17, 15) is 0 Å². The first-order valence-electron chi connectivity index (χ1n) is 6.08. The van der Waals surface area contributed by atoms with Crippen molar-refractivity contribution in [1.29, 1.82) is 0 Å². The Morgan fingerprint density at radius 2 is 2.11 bits per heavy atom. The zero-order chi connectivity index (χ0) is 13.4. The van der Waals surface area contributed by atoms with Crippen LogP contribution in [0.3, 0.4) is 0 Å². The SMILES string of the molecule is Cc1nc(-c2cnc3ccsc3c2)ncc1C(C)N. The lowest BCUT2D eigenvalue weighted by Crippen LogP contribution is -2.09. The summed E-state index contributed by atoms with van der Waals surface area (Å²) in [6.45, 7) is 3.89. The highest BCUT2D eigenvalue weighted by Crippen LogP contribution is 2.24. The first-order valence-corrected chi connectivity index (χ1v) is 6.96. The highest BCUT2D eigenvalue weighted by atomic mass is 32.1. The van der Waals surface area contributed by atoms with Crippen LogP contribution in [0.2, 0.25) is 0 Å². The number of nitrogens with two attached hydrogens (primary N) is 1. The number of nitrogens with zero attached hydrogens (tertiary/aromatic N) is 3. The maximum atomic E-state index is 5.87.